The van der Waals surface area contributed by atoms with E-state index in [2.05, 4.69) is 19.2 Å². The normalized spacial score (nSPS) is 30.7. The van der Waals surface area contributed by atoms with Crippen molar-refractivity contribution in [3.05, 3.63) is 0 Å². The van der Waals surface area contributed by atoms with Crippen LogP contribution in [0.1, 0.15) is 65.2 Å². The maximum Gasteiger partial charge on any atom is 0.249 e. The van der Waals surface area contributed by atoms with Crippen LogP contribution in [0, 0.1) is 5.92 Å². The molecule has 1 saturated heterocycles. The highest BCUT2D eigenvalue weighted by molar-refractivity contribution is 6.00. The van der Waals surface area contributed by atoms with E-state index in [0.29, 0.717) is 5.92 Å². The highest BCUT2D eigenvalue weighted by Crippen LogP contribution is 2.42. The van der Waals surface area contributed by atoms with Crippen LogP contribution >= 0.6 is 0 Å². The Bertz CT molecular complexity index is 411. The predicted octanol–water partition coefficient (Wildman–Crippen LogP) is 2.22. The fourth-order valence-electron chi connectivity index (χ4n) is 4.06. The summed E-state index contributed by atoms with van der Waals surface area (Å²) in [4.78, 5) is 27.6. The van der Waals surface area contributed by atoms with Crippen molar-refractivity contribution >= 4 is 11.8 Å². The summed E-state index contributed by atoms with van der Waals surface area (Å²) in [6.07, 6.45) is 7.97. The van der Waals surface area contributed by atoms with Crippen LogP contribution in [-0.2, 0) is 9.59 Å². The van der Waals surface area contributed by atoms with Crippen molar-refractivity contribution in [2.24, 2.45) is 5.92 Å². The van der Waals surface area contributed by atoms with Crippen LogP contribution in [0.3, 0.4) is 0 Å². The fraction of sp³-hybridized carbons (Fsp3) is 0.875. The number of carbonyl (C=O) groups excluding carboxylic acids is 2. The van der Waals surface area contributed by atoms with Crippen LogP contribution in [0.4, 0.5) is 0 Å². The molecule has 2 atom stereocenters. The molecule has 2 aliphatic carbocycles. The van der Waals surface area contributed by atoms with Crippen molar-refractivity contribution in [2.45, 2.75) is 82.8 Å². The number of nitrogens with one attached hydrogen (secondary N) is 1. The third kappa shape index (κ3) is 2.13. The van der Waals surface area contributed by atoms with Crippen LogP contribution in [0.15, 0.2) is 0 Å². The zero-order chi connectivity index (χ0) is 14.3. The van der Waals surface area contributed by atoms with Gasteiger partial charge in [-0.2, -0.15) is 0 Å². The smallest absolute Gasteiger partial charge is 0.249 e. The van der Waals surface area contributed by atoms with E-state index in [1.54, 1.807) is 0 Å². The lowest BCUT2D eigenvalue weighted by molar-refractivity contribution is -0.158. The monoisotopic (exact) mass is 278 g/mol. The highest BCUT2D eigenvalue weighted by atomic mass is 16.2. The minimum absolute atomic E-state index is 0.108. The number of carbonyl (C=O) groups is 2. The SMILES string of the molecule is CCCC(C)N1C(=O)C2(CCCC2)NC(=O)C1C1CC1. The average molecular weight is 278 g/mol. The molecule has 3 aliphatic rings. The van der Waals surface area contributed by atoms with Crippen LogP contribution in [-0.4, -0.2) is 34.3 Å². The lowest BCUT2D eigenvalue weighted by Gasteiger charge is -2.47. The summed E-state index contributed by atoms with van der Waals surface area (Å²) in [7, 11) is 0. The predicted molar refractivity (Wildman–Crippen MR) is 77.1 cm³/mol. The molecule has 0 aromatic rings. The number of nitrogens with zero attached hydrogens (tertiary/aromatic N) is 1. The van der Waals surface area contributed by atoms with Crippen molar-refractivity contribution < 1.29 is 9.59 Å². The minimum atomic E-state index is -0.565. The molecule has 1 N–H and O–H groups in total. The molecular formula is C16H26N2O2. The molecule has 112 valence electrons. The Labute approximate surface area is 121 Å². The molecule has 3 fully saturated rings. The number of amides is 2. The maximum absolute atomic E-state index is 13.1. The van der Waals surface area contributed by atoms with Crippen molar-refractivity contribution in [1.29, 1.82) is 0 Å². The summed E-state index contributed by atoms with van der Waals surface area (Å²) in [6, 6.07) is -0.0168. The van der Waals surface area contributed by atoms with E-state index in [-0.39, 0.29) is 23.9 Å². The van der Waals surface area contributed by atoms with Gasteiger partial charge in [0.1, 0.15) is 11.6 Å². The van der Waals surface area contributed by atoms with Crippen molar-refractivity contribution in [3.8, 4) is 0 Å². The molecule has 1 aliphatic heterocycles. The van der Waals surface area contributed by atoms with E-state index < -0.39 is 5.54 Å². The van der Waals surface area contributed by atoms with Gasteiger partial charge >= 0.3 is 0 Å². The van der Waals surface area contributed by atoms with E-state index in [0.717, 1.165) is 51.4 Å². The second kappa shape index (κ2) is 5.05. The summed E-state index contributed by atoms with van der Waals surface area (Å²) < 4.78 is 0. The third-order valence-electron chi connectivity index (χ3n) is 5.28. The zero-order valence-corrected chi connectivity index (χ0v) is 12.7. The van der Waals surface area contributed by atoms with Crippen LogP contribution < -0.4 is 5.32 Å². The number of rotatable bonds is 4. The molecule has 2 amide bonds. The van der Waals surface area contributed by atoms with Crippen LogP contribution in [0.5, 0.6) is 0 Å². The van der Waals surface area contributed by atoms with Gasteiger partial charge in [-0.3, -0.25) is 9.59 Å². The molecular weight excluding hydrogens is 252 g/mol. The van der Waals surface area contributed by atoms with E-state index >= 15 is 0 Å². The Hall–Kier alpha value is -1.06. The Morgan fingerprint density at radius 3 is 2.50 bits per heavy atom. The van der Waals surface area contributed by atoms with Gasteiger partial charge in [0.25, 0.3) is 0 Å². The Morgan fingerprint density at radius 2 is 1.95 bits per heavy atom. The Balaban J connectivity index is 1.90. The van der Waals surface area contributed by atoms with Gasteiger partial charge in [-0.05, 0) is 44.9 Å². The molecule has 2 unspecified atom stereocenters. The fourth-order valence-corrected chi connectivity index (χ4v) is 4.06. The summed E-state index contributed by atoms with van der Waals surface area (Å²) in [5, 5.41) is 3.11. The van der Waals surface area contributed by atoms with Gasteiger partial charge in [0.15, 0.2) is 0 Å². The number of hydrogen-bond donors (Lipinski definition) is 1. The first-order chi connectivity index (χ1) is 9.59. The first-order valence-corrected chi connectivity index (χ1v) is 8.24. The first-order valence-electron chi connectivity index (χ1n) is 8.24. The molecule has 1 heterocycles. The third-order valence-corrected chi connectivity index (χ3v) is 5.28. The summed E-state index contributed by atoms with van der Waals surface area (Å²) >= 11 is 0. The lowest BCUT2D eigenvalue weighted by Crippen LogP contribution is -2.71. The second-order valence-electron chi connectivity index (χ2n) is 6.91. The number of piperazine rings is 1. The van der Waals surface area contributed by atoms with Gasteiger partial charge in [-0.15, -0.1) is 0 Å². The Kier molecular flexibility index (Phi) is 3.51. The molecule has 2 saturated carbocycles. The second-order valence-corrected chi connectivity index (χ2v) is 6.91. The molecule has 3 rings (SSSR count). The summed E-state index contributed by atoms with van der Waals surface area (Å²) in [5.41, 5.74) is -0.565. The van der Waals surface area contributed by atoms with E-state index in [1.165, 1.54) is 0 Å². The van der Waals surface area contributed by atoms with Gasteiger partial charge in [0, 0.05) is 6.04 Å². The molecule has 4 nitrogen and oxygen atoms in total. The number of hydrogen-bond acceptors (Lipinski definition) is 2. The molecule has 0 aromatic carbocycles. The van der Waals surface area contributed by atoms with E-state index in [9.17, 15) is 9.59 Å². The zero-order valence-electron chi connectivity index (χ0n) is 12.7. The molecule has 20 heavy (non-hydrogen) atoms. The minimum Gasteiger partial charge on any atom is -0.340 e. The standard InChI is InChI=1S/C16H26N2O2/c1-3-6-11(2)18-13(12-7-8-12)14(19)17-16(15(18)20)9-4-5-10-16/h11-13H,3-10H2,1-2H3,(H,17,19). The summed E-state index contributed by atoms with van der Waals surface area (Å²) in [6.45, 7) is 4.25. The van der Waals surface area contributed by atoms with Gasteiger partial charge < -0.3 is 10.2 Å². The molecule has 1 spiro atoms. The molecule has 0 bridgehead atoms. The molecule has 0 aromatic heterocycles. The molecule has 4 heteroatoms. The van der Waals surface area contributed by atoms with Gasteiger partial charge in [0.2, 0.25) is 11.8 Å². The largest absolute Gasteiger partial charge is 0.340 e. The van der Waals surface area contributed by atoms with E-state index in [1.807, 2.05) is 4.90 Å². The maximum atomic E-state index is 13.1. The average Bonchev–Trinajstić information content (AvgIpc) is 3.13. The van der Waals surface area contributed by atoms with Gasteiger partial charge in [-0.25, -0.2) is 0 Å². The highest BCUT2D eigenvalue weighted by Gasteiger charge is 2.56. The lowest BCUT2D eigenvalue weighted by atomic mass is 9.88. The quantitative estimate of drug-likeness (QED) is 0.857. The van der Waals surface area contributed by atoms with E-state index in [4.69, 9.17) is 0 Å². The Morgan fingerprint density at radius 1 is 1.30 bits per heavy atom. The van der Waals surface area contributed by atoms with Gasteiger partial charge in [-0.1, -0.05) is 26.2 Å². The molecule has 0 radical (unpaired) electrons. The van der Waals surface area contributed by atoms with Crippen LogP contribution in [0.2, 0.25) is 0 Å². The topological polar surface area (TPSA) is 49.4 Å². The van der Waals surface area contributed by atoms with Crippen molar-refractivity contribution in [2.75, 3.05) is 0 Å². The van der Waals surface area contributed by atoms with Crippen LogP contribution in [0.25, 0.3) is 0 Å². The van der Waals surface area contributed by atoms with Crippen molar-refractivity contribution in [1.82, 2.24) is 10.2 Å². The van der Waals surface area contributed by atoms with Gasteiger partial charge in [0.05, 0.1) is 0 Å². The first kappa shape index (κ1) is 13.9. The van der Waals surface area contributed by atoms with Crippen molar-refractivity contribution in [3.63, 3.8) is 0 Å². The summed E-state index contributed by atoms with van der Waals surface area (Å²) in [5.74, 6) is 0.710.